The minimum Gasteiger partial charge on any atom is -0.450 e. The summed E-state index contributed by atoms with van der Waals surface area (Å²) in [5.74, 6) is 0.812. The van der Waals surface area contributed by atoms with Gasteiger partial charge in [-0.15, -0.1) is 0 Å². The summed E-state index contributed by atoms with van der Waals surface area (Å²) in [5, 5.41) is 0. The predicted molar refractivity (Wildman–Crippen MR) is 94.3 cm³/mol. The smallest absolute Gasteiger partial charge is 0.409 e. The number of likely N-dealkylation sites (tertiary alicyclic amines) is 2. The zero-order valence-electron chi connectivity index (χ0n) is 16.2. The minimum atomic E-state index is -4.11. The molecule has 4 rings (SSSR count). The standard InChI is InChI=1S/C19H30F3N3O2/c1-3-23(12-19(20,21)22)16-14-9-25(10-15(14)16)13-7-18(8-13)5-6-24(11-18)17(26)27-4-2/h13-16H,3-12H2,1-2H3/t13?,14-,15-,18?/m1/s1. The van der Waals surface area contributed by atoms with Crippen LogP contribution in [0, 0.1) is 17.3 Å². The molecule has 2 atom stereocenters. The van der Waals surface area contributed by atoms with E-state index < -0.39 is 12.7 Å². The maximum absolute atomic E-state index is 12.7. The fourth-order valence-electron chi connectivity index (χ4n) is 5.86. The summed E-state index contributed by atoms with van der Waals surface area (Å²) in [6, 6.07) is 0.658. The van der Waals surface area contributed by atoms with Crippen molar-refractivity contribution >= 4 is 6.09 Å². The van der Waals surface area contributed by atoms with Crippen LogP contribution in [0.5, 0.6) is 0 Å². The molecule has 2 saturated heterocycles. The summed E-state index contributed by atoms with van der Waals surface area (Å²) in [6.07, 6.45) is -1.06. The molecule has 1 amide bonds. The van der Waals surface area contributed by atoms with Crippen LogP contribution in [0.2, 0.25) is 0 Å². The molecule has 27 heavy (non-hydrogen) atoms. The van der Waals surface area contributed by atoms with Gasteiger partial charge in [-0.3, -0.25) is 9.80 Å². The van der Waals surface area contributed by atoms with Gasteiger partial charge >= 0.3 is 12.3 Å². The number of alkyl halides is 3. The Morgan fingerprint density at radius 3 is 2.44 bits per heavy atom. The van der Waals surface area contributed by atoms with E-state index in [2.05, 4.69) is 4.90 Å². The summed E-state index contributed by atoms with van der Waals surface area (Å²) < 4.78 is 43.3. The van der Waals surface area contributed by atoms with Gasteiger partial charge in [-0.2, -0.15) is 13.2 Å². The van der Waals surface area contributed by atoms with Crippen molar-refractivity contribution in [2.75, 3.05) is 45.9 Å². The number of carbonyl (C=O) groups excluding carboxylic acids is 1. The van der Waals surface area contributed by atoms with Crippen LogP contribution in [0.3, 0.4) is 0 Å². The predicted octanol–water partition coefficient (Wildman–Crippen LogP) is 2.81. The van der Waals surface area contributed by atoms with Crippen LogP contribution < -0.4 is 0 Å². The molecule has 4 fully saturated rings. The summed E-state index contributed by atoms with van der Waals surface area (Å²) in [6.45, 7) is 7.18. The zero-order valence-corrected chi connectivity index (χ0v) is 16.2. The van der Waals surface area contributed by atoms with E-state index in [4.69, 9.17) is 4.74 Å². The van der Waals surface area contributed by atoms with Crippen LogP contribution in [0.25, 0.3) is 0 Å². The Morgan fingerprint density at radius 1 is 1.22 bits per heavy atom. The van der Waals surface area contributed by atoms with Gasteiger partial charge in [0.1, 0.15) is 0 Å². The summed E-state index contributed by atoms with van der Waals surface area (Å²) in [4.78, 5) is 17.8. The Bertz CT molecular complexity index is 567. The van der Waals surface area contributed by atoms with Gasteiger partial charge < -0.3 is 9.64 Å². The van der Waals surface area contributed by atoms with Crippen molar-refractivity contribution in [3.8, 4) is 0 Å². The number of nitrogens with zero attached hydrogens (tertiary/aromatic N) is 3. The molecular weight excluding hydrogens is 359 g/mol. The van der Waals surface area contributed by atoms with Crippen LogP contribution >= 0.6 is 0 Å². The van der Waals surface area contributed by atoms with Crippen LogP contribution in [0.1, 0.15) is 33.1 Å². The Morgan fingerprint density at radius 2 is 1.89 bits per heavy atom. The third-order valence-corrected chi connectivity index (χ3v) is 7.21. The van der Waals surface area contributed by atoms with E-state index in [1.807, 2.05) is 18.7 Å². The fraction of sp³-hybridized carbons (Fsp3) is 0.947. The molecule has 0 aromatic heterocycles. The van der Waals surface area contributed by atoms with E-state index in [9.17, 15) is 18.0 Å². The van der Waals surface area contributed by atoms with Gasteiger partial charge in [0.15, 0.2) is 0 Å². The summed E-state index contributed by atoms with van der Waals surface area (Å²) in [5.41, 5.74) is 0.245. The van der Waals surface area contributed by atoms with Crippen LogP contribution in [0.15, 0.2) is 0 Å². The second kappa shape index (κ2) is 6.79. The van der Waals surface area contributed by atoms with Crippen molar-refractivity contribution in [2.24, 2.45) is 17.3 Å². The van der Waals surface area contributed by atoms with Gasteiger partial charge in [0.25, 0.3) is 0 Å². The lowest BCUT2D eigenvalue weighted by Gasteiger charge is -2.49. The van der Waals surface area contributed by atoms with Gasteiger partial charge in [0.2, 0.25) is 0 Å². The van der Waals surface area contributed by atoms with Crippen molar-refractivity contribution in [3.63, 3.8) is 0 Å². The Kier molecular flexibility index (Phi) is 4.86. The first-order valence-corrected chi connectivity index (χ1v) is 10.2. The number of hydrogen-bond donors (Lipinski definition) is 0. The molecule has 8 heteroatoms. The Labute approximate surface area is 158 Å². The highest BCUT2D eigenvalue weighted by Crippen LogP contribution is 2.55. The fourth-order valence-corrected chi connectivity index (χ4v) is 5.86. The number of rotatable bonds is 5. The van der Waals surface area contributed by atoms with Gasteiger partial charge in [0.05, 0.1) is 13.2 Å². The molecule has 0 aromatic rings. The summed E-state index contributed by atoms with van der Waals surface area (Å²) in [7, 11) is 0. The molecule has 2 aliphatic heterocycles. The average molecular weight is 389 g/mol. The van der Waals surface area contributed by atoms with Crippen LogP contribution in [-0.2, 0) is 4.74 Å². The van der Waals surface area contributed by atoms with Crippen molar-refractivity contribution in [2.45, 2.75) is 51.4 Å². The number of ether oxygens (including phenoxy) is 1. The molecule has 2 aliphatic carbocycles. The molecule has 0 unspecified atom stereocenters. The zero-order chi connectivity index (χ0) is 19.4. The second-order valence-corrected chi connectivity index (χ2v) is 8.88. The first-order chi connectivity index (χ1) is 12.8. The number of halogens is 3. The van der Waals surface area contributed by atoms with E-state index in [-0.39, 0.29) is 17.6 Å². The Hall–Kier alpha value is -1.02. The first-order valence-electron chi connectivity index (χ1n) is 10.2. The first kappa shape index (κ1) is 19.3. The van der Waals surface area contributed by atoms with Gasteiger partial charge in [-0.25, -0.2) is 4.79 Å². The molecule has 2 saturated carbocycles. The van der Waals surface area contributed by atoms with Gasteiger partial charge in [0, 0.05) is 38.3 Å². The third kappa shape index (κ3) is 3.67. The molecule has 2 heterocycles. The maximum atomic E-state index is 12.7. The van der Waals surface area contributed by atoms with E-state index in [0.29, 0.717) is 31.0 Å². The SMILES string of the molecule is CCOC(=O)N1CCC2(CC(N3C[C@H]4C(N(CC)CC(F)(F)F)[C@@H]4C3)C2)C1. The van der Waals surface area contributed by atoms with E-state index in [1.54, 1.807) is 4.90 Å². The second-order valence-electron chi connectivity index (χ2n) is 8.88. The highest BCUT2D eigenvalue weighted by molar-refractivity contribution is 5.68. The van der Waals surface area contributed by atoms with Crippen LogP contribution in [0.4, 0.5) is 18.0 Å². The topological polar surface area (TPSA) is 36.0 Å². The van der Waals surface area contributed by atoms with E-state index in [1.165, 1.54) is 0 Å². The molecule has 0 N–H and O–H groups in total. The lowest BCUT2D eigenvalue weighted by molar-refractivity contribution is -0.148. The molecule has 0 aromatic carbocycles. The monoisotopic (exact) mass is 389 g/mol. The number of piperidine rings is 1. The van der Waals surface area contributed by atoms with Crippen molar-refractivity contribution in [1.82, 2.24) is 14.7 Å². The van der Waals surface area contributed by atoms with Crippen molar-refractivity contribution in [3.05, 3.63) is 0 Å². The third-order valence-electron chi connectivity index (χ3n) is 7.21. The van der Waals surface area contributed by atoms with Gasteiger partial charge in [-0.1, -0.05) is 6.92 Å². The minimum absolute atomic E-state index is 0.118. The largest absolute Gasteiger partial charge is 0.450 e. The highest BCUT2D eigenvalue weighted by atomic mass is 19.4. The molecule has 1 spiro atoms. The number of fused-ring (bicyclic) bond motifs is 1. The molecular formula is C19H30F3N3O2. The Balaban J connectivity index is 1.23. The lowest BCUT2D eigenvalue weighted by atomic mass is 9.64. The van der Waals surface area contributed by atoms with Gasteiger partial charge in [-0.05, 0) is 50.0 Å². The molecule has 154 valence electrons. The van der Waals surface area contributed by atoms with E-state index >= 15 is 0 Å². The van der Waals surface area contributed by atoms with Crippen LogP contribution in [-0.4, -0.2) is 84.9 Å². The number of amides is 1. The molecule has 0 radical (unpaired) electrons. The number of hydrogen-bond acceptors (Lipinski definition) is 4. The lowest BCUT2D eigenvalue weighted by Crippen LogP contribution is -2.53. The van der Waals surface area contributed by atoms with E-state index in [0.717, 1.165) is 45.4 Å². The van der Waals surface area contributed by atoms with Crippen molar-refractivity contribution in [1.29, 1.82) is 0 Å². The maximum Gasteiger partial charge on any atom is 0.409 e. The highest BCUT2D eigenvalue weighted by Gasteiger charge is 2.61. The summed E-state index contributed by atoms with van der Waals surface area (Å²) >= 11 is 0. The quantitative estimate of drug-likeness (QED) is 0.725. The molecule has 0 bridgehead atoms. The average Bonchev–Trinajstić information content (AvgIpc) is 2.95. The molecule has 4 aliphatic rings. The normalized spacial score (nSPS) is 38.4. The van der Waals surface area contributed by atoms with Crippen molar-refractivity contribution < 1.29 is 22.7 Å². The molecule has 5 nitrogen and oxygen atoms in total. The number of carbonyl (C=O) groups is 1.